The van der Waals surface area contributed by atoms with Gasteiger partial charge in [-0.25, -0.2) is 0 Å². The second-order valence-corrected chi connectivity index (χ2v) is 6.29. The lowest BCUT2D eigenvalue weighted by atomic mass is 9.73. The number of rotatable bonds is 4. The topological polar surface area (TPSA) is 107 Å². The smallest absolute Gasteiger partial charge is 0.182 e. The minimum absolute atomic E-state index is 0.0319. The van der Waals surface area contributed by atoms with Crippen molar-refractivity contribution in [2.24, 2.45) is 0 Å². The van der Waals surface area contributed by atoms with Gasteiger partial charge in [0, 0.05) is 23.3 Å². The van der Waals surface area contributed by atoms with Gasteiger partial charge in [-0.1, -0.05) is 13.0 Å². The van der Waals surface area contributed by atoms with Crippen LogP contribution in [-0.2, 0) is 16.0 Å². The molecule has 4 N–H and O–H groups in total. The van der Waals surface area contributed by atoms with E-state index in [0.717, 1.165) is 0 Å². The fourth-order valence-electron chi connectivity index (χ4n) is 3.26. The van der Waals surface area contributed by atoms with Crippen molar-refractivity contribution in [3.05, 3.63) is 46.7 Å². The van der Waals surface area contributed by atoms with Gasteiger partial charge < -0.3 is 25.2 Å². The predicted molar refractivity (Wildman–Crippen MR) is 98.8 cm³/mol. The van der Waals surface area contributed by atoms with E-state index in [0.29, 0.717) is 28.8 Å². The van der Waals surface area contributed by atoms with Gasteiger partial charge in [0.1, 0.15) is 42.5 Å². The lowest BCUT2D eigenvalue weighted by molar-refractivity contribution is -0.117. The Morgan fingerprint density at radius 2 is 1.65 bits per heavy atom. The largest absolute Gasteiger partial charge is 0.508 e. The Labute approximate surface area is 151 Å². The minimum Gasteiger partial charge on any atom is -0.508 e. The lowest BCUT2D eigenvalue weighted by Gasteiger charge is -2.32. The average Bonchev–Trinajstić information content (AvgIpc) is 2.59. The summed E-state index contributed by atoms with van der Waals surface area (Å²) < 4.78 is 5.39. The molecule has 2 aromatic carbocycles. The molecule has 0 fully saturated rings. The van der Waals surface area contributed by atoms with Gasteiger partial charge in [0.15, 0.2) is 5.78 Å². The molecule has 0 aromatic heterocycles. The van der Waals surface area contributed by atoms with Gasteiger partial charge in [-0.05, 0) is 23.5 Å². The second kappa shape index (κ2) is 6.33. The number of benzene rings is 2. The Kier molecular flexibility index (Phi) is 4.32. The molecule has 1 atom stereocenters. The van der Waals surface area contributed by atoms with E-state index in [2.05, 4.69) is 0 Å². The Morgan fingerprint density at radius 3 is 2.27 bits per heavy atom. The van der Waals surface area contributed by atoms with E-state index in [-0.39, 0.29) is 39.9 Å². The van der Waals surface area contributed by atoms with Crippen LogP contribution in [0.1, 0.15) is 29.5 Å². The highest BCUT2D eigenvalue weighted by Crippen LogP contribution is 2.49. The summed E-state index contributed by atoms with van der Waals surface area (Å²) in [6.07, 6.45) is 0.539. The van der Waals surface area contributed by atoms with E-state index in [4.69, 9.17) is 4.74 Å². The Morgan fingerprint density at radius 1 is 1.00 bits per heavy atom. The molecule has 0 heterocycles. The molecule has 1 aliphatic carbocycles. The molecule has 26 heavy (non-hydrogen) atoms. The summed E-state index contributed by atoms with van der Waals surface area (Å²) in [5.41, 5.74) is 1.95. The summed E-state index contributed by atoms with van der Waals surface area (Å²) in [4.78, 5) is 12.8. The molecule has 0 radical (unpaired) electrons. The highest BCUT2D eigenvalue weighted by molar-refractivity contribution is 6.36. The Hall–Kier alpha value is -3.09. The third-order valence-corrected chi connectivity index (χ3v) is 4.74. The van der Waals surface area contributed by atoms with E-state index < -0.39 is 5.92 Å². The number of hydrogen-bond donors (Lipinski definition) is 4. The molecule has 0 saturated heterocycles. The first kappa shape index (κ1) is 17.7. The summed E-state index contributed by atoms with van der Waals surface area (Å²) in [5, 5.41) is 39.9. The van der Waals surface area contributed by atoms with Crippen molar-refractivity contribution in [3.8, 4) is 23.0 Å². The molecule has 134 valence electrons. The van der Waals surface area contributed by atoms with Gasteiger partial charge in [-0.3, -0.25) is 4.79 Å². The summed E-state index contributed by atoms with van der Waals surface area (Å²) in [6, 6.07) is 5.50. The maximum Gasteiger partial charge on any atom is 0.182 e. The van der Waals surface area contributed by atoms with Crippen molar-refractivity contribution in [3.63, 3.8) is 0 Å². The molecule has 3 rings (SSSR count). The maximum absolute atomic E-state index is 12.8. The fraction of sp³-hybridized carbons (Fsp3) is 0.211. The fourth-order valence-corrected chi connectivity index (χ4v) is 3.26. The number of Topliss-reactive ketones (excluding diaryl/α,β-unsaturated/α-hetero) is 1. The Bertz CT molecular complexity index is 948. The van der Waals surface area contributed by atoms with Crippen LogP contribution in [0.25, 0.3) is 5.57 Å². The highest BCUT2D eigenvalue weighted by Gasteiger charge is 2.44. The van der Waals surface area contributed by atoms with E-state index in [9.17, 15) is 25.2 Å². The van der Waals surface area contributed by atoms with Crippen LogP contribution in [0.15, 0.2) is 30.0 Å². The zero-order valence-corrected chi connectivity index (χ0v) is 14.7. The minimum atomic E-state index is -0.811. The van der Waals surface area contributed by atoms with Crippen LogP contribution in [-0.4, -0.2) is 41.2 Å². The molecule has 0 spiro atoms. The maximum atomic E-state index is 12.8. The molecule has 1 unspecified atom stereocenters. The third-order valence-electron chi connectivity index (χ3n) is 4.74. The van der Waals surface area contributed by atoms with Crippen LogP contribution >= 0.6 is 0 Å². The monoisotopic (exact) mass is 354 g/mol. The molecule has 0 aliphatic heterocycles. The first-order valence-corrected chi connectivity index (χ1v) is 8.20. The van der Waals surface area contributed by atoms with Crippen LogP contribution in [0, 0.1) is 0 Å². The van der Waals surface area contributed by atoms with Crippen molar-refractivity contribution in [2.75, 3.05) is 7.11 Å². The van der Waals surface area contributed by atoms with Crippen molar-refractivity contribution >= 4 is 24.7 Å². The number of methoxy groups -OCH3 is 1. The summed E-state index contributed by atoms with van der Waals surface area (Å²) in [7, 11) is 3.07. The number of ketones is 1. The predicted octanol–water partition coefficient (Wildman–Crippen LogP) is 1.05. The third kappa shape index (κ3) is 2.56. The standard InChI is InChI=1S/C19H19BO6/c1-3-8-4-9(13(22)6-12(8)21)16-18(25)17(19(16)26-2)10-5-11(20)15(24)7-14(10)23/h4-7,16,21-24H,3,20H2,1-2H3. The van der Waals surface area contributed by atoms with E-state index in [1.807, 2.05) is 6.92 Å². The number of ether oxygens (including phenoxy) is 1. The van der Waals surface area contributed by atoms with E-state index in [1.165, 1.54) is 25.3 Å². The van der Waals surface area contributed by atoms with Crippen LogP contribution in [0.4, 0.5) is 0 Å². The van der Waals surface area contributed by atoms with Gasteiger partial charge in [0.25, 0.3) is 0 Å². The number of aromatic hydroxyl groups is 4. The van der Waals surface area contributed by atoms with Gasteiger partial charge in [-0.15, -0.1) is 0 Å². The van der Waals surface area contributed by atoms with Crippen LogP contribution < -0.4 is 5.46 Å². The summed E-state index contributed by atoms with van der Waals surface area (Å²) in [6.45, 7) is 1.86. The average molecular weight is 354 g/mol. The number of carbonyl (C=O) groups excluding carboxylic acids is 1. The highest BCUT2D eigenvalue weighted by atomic mass is 16.5. The van der Waals surface area contributed by atoms with Crippen LogP contribution in [0.3, 0.4) is 0 Å². The number of aryl methyl sites for hydroxylation is 1. The molecule has 6 nitrogen and oxygen atoms in total. The molecular formula is C19H19BO6. The van der Waals surface area contributed by atoms with Crippen LogP contribution in [0.2, 0.25) is 0 Å². The molecule has 1 aliphatic rings. The quantitative estimate of drug-likeness (QED) is 0.612. The lowest BCUT2D eigenvalue weighted by Crippen LogP contribution is -2.30. The van der Waals surface area contributed by atoms with Crippen LogP contribution in [0.5, 0.6) is 23.0 Å². The molecule has 2 aromatic rings. The summed E-state index contributed by atoms with van der Waals surface area (Å²) >= 11 is 0. The molecule has 0 saturated carbocycles. The normalized spacial score (nSPS) is 16.5. The first-order valence-electron chi connectivity index (χ1n) is 8.20. The Balaban J connectivity index is 2.14. The van der Waals surface area contributed by atoms with Crippen molar-refractivity contribution in [1.29, 1.82) is 0 Å². The second-order valence-electron chi connectivity index (χ2n) is 6.29. The molecular weight excluding hydrogens is 335 g/mol. The number of hydrogen-bond acceptors (Lipinski definition) is 6. The van der Waals surface area contributed by atoms with E-state index in [1.54, 1.807) is 13.9 Å². The molecule has 0 amide bonds. The van der Waals surface area contributed by atoms with Gasteiger partial charge in [-0.2, -0.15) is 0 Å². The SMILES string of the molecule is Bc1cc(C2=C(OC)C(c3cc(CC)c(O)cc3O)C2=O)c(O)cc1O. The number of allylic oxidation sites excluding steroid dienone is 2. The zero-order valence-electron chi connectivity index (χ0n) is 14.7. The number of phenolic OH excluding ortho intramolecular Hbond substituents is 4. The zero-order chi connectivity index (χ0) is 19.2. The number of carbonyl (C=O) groups is 1. The van der Waals surface area contributed by atoms with Crippen molar-refractivity contribution < 1.29 is 30.0 Å². The first-order chi connectivity index (χ1) is 12.3. The van der Waals surface area contributed by atoms with Gasteiger partial charge >= 0.3 is 0 Å². The van der Waals surface area contributed by atoms with Crippen molar-refractivity contribution in [2.45, 2.75) is 19.3 Å². The molecule has 7 heteroatoms. The van der Waals surface area contributed by atoms with E-state index >= 15 is 0 Å². The van der Waals surface area contributed by atoms with Gasteiger partial charge in [0.2, 0.25) is 0 Å². The van der Waals surface area contributed by atoms with Crippen molar-refractivity contribution in [1.82, 2.24) is 0 Å². The molecule has 0 bridgehead atoms. The van der Waals surface area contributed by atoms with Gasteiger partial charge in [0.05, 0.1) is 12.7 Å². The number of phenols is 4. The summed E-state index contributed by atoms with van der Waals surface area (Å²) in [5.74, 6) is -1.34.